The highest BCUT2D eigenvalue weighted by Gasteiger charge is 2.78. The SMILES string of the molecule is C=C1C(=O)C23C(OC)C[C@@H]4[C@@]5(C)CCC[C@@]4(COC5)[C@@H]2[C@@H](O)C[C@@H]1[C@H]3O. The highest BCUT2D eigenvalue weighted by atomic mass is 16.5. The van der Waals surface area contributed by atoms with Gasteiger partial charge in [0.2, 0.25) is 0 Å². The molecule has 1 spiro atoms. The molecule has 26 heavy (non-hydrogen) atoms. The Morgan fingerprint density at radius 3 is 2.73 bits per heavy atom. The Labute approximate surface area is 154 Å². The predicted octanol–water partition coefficient (Wildman–Crippen LogP) is 1.71. The lowest BCUT2D eigenvalue weighted by atomic mass is 9.38. The first-order valence-corrected chi connectivity index (χ1v) is 10.0. The quantitative estimate of drug-likeness (QED) is 0.695. The maximum Gasteiger partial charge on any atom is 0.170 e. The summed E-state index contributed by atoms with van der Waals surface area (Å²) in [7, 11) is 1.64. The zero-order chi connectivity index (χ0) is 18.5. The Hall–Kier alpha value is -0.750. The number of ketones is 1. The van der Waals surface area contributed by atoms with Gasteiger partial charge in [-0.3, -0.25) is 4.79 Å². The lowest BCUT2D eigenvalue weighted by Crippen LogP contribution is -2.73. The Balaban J connectivity index is 1.75. The van der Waals surface area contributed by atoms with Crippen LogP contribution >= 0.6 is 0 Å². The van der Waals surface area contributed by atoms with Crippen LogP contribution in [0.5, 0.6) is 0 Å². The van der Waals surface area contributed by atoms with Crippen molar-refractivity contribution in [3.8, 4) is 0 Å². The molecule has 5 aliphatic rings. The molecule has 4 saturated carbocycles. The zero-order valence-corrected chi connectivity index (χ0v) is 15.7. The van der Waals surface area contributed by atoms with Gasteiger partial charge in [0, 0.05) is 24.4 Å². The molecule has 5 nitrogen and oxygen atoms in total. The molecule has 2 N–H and O–H groups in total. The average Bonchev–Trinajstić information content (AvgIpc) is 2.71. The fourth-order valence-electron chi connectivity index (χ4n) is 8.18. The van der Waals surface area contributed by atoms with Crippen molar-refractivity contribution in [2.24, 2.45) is 34.0 Å². The summed E-state index contributed by atoms with van der Waals surface area (Å²) in [5.41, 5.74) is -0.795. The summed E-state index contributed by atoms with van der Waals surface area (Å²) in [5, 5.41) is 22.6. The molecule has 4 bridgehead atoms. The maximum absolute atomic E-state index is 13.5. The van der Waals surface area contributed by atoms with Crippen LogP contribution < -0.4 is 0 Å². The summed E-state index contributed by atoms with van der Waals surface area (Å²) in [4.78, 5) is 13.5. The van der Waals surface area contributed by atoms with Crippen molar-refractivity contribution in [3.05, 3.63) is 12.2 Å². The van der Waals surface area contributed by atoms with Crippen molar-refractivity contribution in [2.45, 2.75) is 57.3 Å². The Morgan fingerprint density at radius 2 is 2.00 bits per heavy atom. The lowest BCUT2D eigenvalue weighted by molar-refractivity contribution is -0.297. The minimum Gasteiger partial charge on any atom is -0.393 e. The van der Waals surface area contributed by atoms with Crippen LogP contribution in [0.1, 0.15) is 39.0 Å². The number of carbonyl (C=O) groups is 1. The standard InChI is InChI=1S/C21H30O5/c1-11-12-7-13(22)16-20-6-4-5-19(2,9-26-10-20)14(20)8-15(25-3)21(16,17(11)23)18(12)24/h12-16,18,22,24H,1,4-10H2,2-3H3/t12-,13-,14+,15?,16-,18+,19-,20-,21?/m0/s1. The van der Waals surface area contributed by atoms with Crippen molar-refractivity contribution in [2.75, 3.05) is 20.3 Å². The van der Waals surface area contributed by atoms with Crippen LogP contribution in [-0.4, -0.2) is 54.6 Å². The van der Waals surface area contributed by atoms with Crippen molar-refractivity contribution in [1.29, 1.82) is 0 Å². The second-order valence-corrected chi connectivity index (χ2v) is 9.87. The highest BCUT2D eigenvalue weighted by molar-refractivity contribution is 6.04. The number of hydrogen-bond acceptors (Lipinski definition) is 5. The molecule has 9 atom stereocenters. The number of fused-ring (bicyclic) bond motifs is 1. The number of aliphatic hydroxyl groups is 2. The molecule has 5 heteroatoms. The minimum atomic E-state index is -1.07. The van der Waals surface area contributed by atoms with Gasteiger partial charge in [0.05, 0.1) is 36.9 Å². The molecule has 0 radical (unpaired) electrons. The van der Waals surface area contributed by atoms with E-state index in [9.17, 15) is 15.0 Å². The van der Waals surface area contributed by atoms with Crippen LogP contribution in [0, 0.1) is 34.0 Å². The Morgan fingerprint density at radius 1 is 1.23 bits per heavy atom. The molecule has 4 aliphatic carbocycles. The lowest BCUT2D eigenvalue weighted by Gasteiger charge is -2.69. The summed E-state index contributed by atoms with van der Waals surface area (Å²) in [6, 6.07) is 0. The molecule has 5 rings (SSSR count). The number of rotatable bonds is 1. The van der Waals surface area contributed by atoms with Crippen molar-refractivity contribution in [1.82, 2.24) is 0 Å². The van der Waals surface area contributed by atoms with E-state index in [1.165, 1.54) is 0 Å². The van der Waals surface area contributed by atoms with Gasteiger partial charge in [-0.1, -0.05) is 19.9 Å². The summed E-state index contributed by atoms with van der Waals surface area (Å²) < 4.78 is 12.0. The monoisotopic (exact) mass is 362 g/mol. The molecule has 0 aromatic rings. The van der Waals surface area contributed by atoms with Gasteiger partial charge in [-0.15, -0.1) is 0 Å². The van der Waals surface area contributed by atoms with E-state index in [0.717, 1.165) is 32.3 Å². The van der Waals surface area contributed by atoms with Crippen molar-refractivity contribution < 1.29 is 24.5 Å². The number of hydrogen-bond donors (Lipinski definition) is 2. The number of ether oxygens (including phenoxy) is 2. The van der Waals surface area contributed by atoms with Crippen LogP contribution in [0.3, 0.4) is 0 Å². The Bertz CT molecular complexity index is 661. The third-order valence-corrected chi connectivity index (χ3v) is 9.01. The van der Waals surface area contributed by atoms with E-state index in [4.69, 9.17) is 9.47 Å². The second-order valence-electron chi connectivity index (χ2n) is 9.87. The summed E-state index contributed by atoms with van der Waals surface area (Å²) >= 11 is 0. The average molecular weight is 362 g/mol. The van der Waals surface area contributed by atoms with Crippen LogP contribution in [0.15, 0.2) is 12.2 Å². The van der Waals surface area contributed by atoms with Crippen molar-refractivity contribution >= 4 is 5.78 Å². The van der Waals surface area contributed by atoms with Gasteiger partial charge in [-0.05, 0) is 42.6 Å². The number of Topliss-reactive ketones (excluding diaryl/α,β-unsaturated/α-hetero) is 1. The van der Waals surface area contributed by atoms with Crippen LogP contribution in [0.4, 0.5) is 0 Å². The zero-order valence-electron chi connectivity index (χ0n) is 15.7. The van der Waals surface area contributed by atoms with Gasteiger partial charge in [-0.25, -0.2) is 0 Å². The van der Waals surface area contributed by atoms with E-state index in [1.807, 2.05) is 0 Å². The maximum atomic E-state index is 13.5. The molecular formula is C21H30O5. The first-order valence-electron chi connectivity index (χ1n) is 10.0. The normalized spacial score (nSPS) is 58.3. The Kier molecular flexibility index (Phi) is 3.47. The molecule has 5 fully saturated rings. The van der Waals surface area contributed by atoms with E-state index in [-0.39, 0.29) is 34.6 Å². The third kappa shape index (κ3) is 1.66. The fourth-order valence-corrected chi connectivity index (χ4v) is 8.18. The van der Waals surface area contributed by atoms with Crippen LogP contribution in [0.25, 0.3) is 0 Å². The number of aliphatic hydroxyl groups excluding tert-OH is 2. The molecule has 2 unspecified atom stereocenters. The van der Waals surface area contributed by atoms with Gasteiger partial charge in [-0.2, -0.15) is 0 Å². The first-order chi connectivity index (χ1) is 12.3. The third-order valence-electron chi connectivity index (χ3n) is 9.01. The smallest absolute Gasteiger partial charge is 0.170 e. The molecule has 1 heterocycles. The molecule has 144 valence electrons. The van der Waals surface area contributed by atoms with Gasteiger partial charge in [0.25, 0.3) is 0 Å². The summed E-state index contributed by atoms with van der Waals surface area (Å²) in [6.45, 7) is 7.60. The molecule has 1 aliphatic heterocycles. The largest absolute Gasteiger partial charge is 0.393 e. The molecular weight excluding hydrogens is 332 g/mol. The summed E-state index contributed by atoms with van der Waals surface area (Å²) in [6.07, 6.45) is 2.49. The van der Waals surface area contributed by atoms with E-state index in [1.54, 1.807) is 7.11 Å². The summed E-state index contributed by atoms with van der Waals surface area (Å²) in [5.74, 6) is -0.400. The topological polar surface area (TPSA) is 76.0 Å². The van der Waals surface area contributed by atoms with E-state index < -0.39 is 17.6 Å². The van der Waals surface area contributed by atoms with E-state index in [2.05, 4.69) is 13.5 Å². The number of carbonyl (C=O) groups excluding carboxylic acids is 1. The van der Waals surface area contributed by atoms with E-state index in [0.29, 0.717) is 24.5 Å². The molecule has 0 amide bonds. The van der Waals surface area contributed by atoms with E-state index >= 15 is 0 Å². The predicted molar refractivity (Wildman–Crippen MR) is 94.3 cm³/mol. The van der Waals surface area contributed by atoms with Crippen molar-refractivity contribution in [3.63, 3.8) is 0 Å². The van der Waals surface area contributed by atoms with Gasteiger partial charge < -0.3 is 19.7 Å². The fraction of sp³-hybridized carbons (Fsp3) is 0.857. The molecule has 0 aromatic heterocycles. The van der Waals surface area contributed by atoms with Gasteiger partial charge in [0.15, 0.2) is 5.78 Å². The van der Waals surface area contributed by atoms with Crippen LogP contribution in [-0.2, 0) is 14.3 Å². The number of methoxy groups -OCH3 is 1. The first kappa shape index (κ1) is 17.4. The highest BCUT2D eigenvalue weighted by Crippen LogP contribution is 2.72. The minimum absolute atomic E-state index is 0.0507. The van der Waals surface area contributed by atoms with Crippen LogP contribution in [0.2, 0.25) is 0 Å². The van der Waals surface area contributed by atoms with Gasteiger partial charge >= 0.3 is 0 Å². The molecule has 1 saturated heterocycles. The molecule has 0 aromatic carbocycles. The second kappa shape index (κ2) is 5.19. The van der Waals surface area contributed by atoms with Gasteiger partial charge in [0.1, 0.15) is 0 Å².